The summed E-state index contributed by atoms with van der Waals surface area (Å²) in [5, 5.41) is 10.6. The molecule has 0 fully saturated rings. The first-order valence-corrected chi connectivity index (χ1v) is 43.4. The Balaban J connectivity index is 5.19. The minimum Gasteiger partial charge on any atom is -0.462 e. The first-order chi connectivity index (χ1) is 46.8. The third kappa shape index (κ3) is 70.9. The predicted molar refractivity (Wildman–Crippen MR) is 395 cm³/mol. The number of esters is 4. The van der Waals surface area contributed by atoms with E-state index in [1.165, 1.54) is 205 Å². The molecular weight excluding hydrogens is 1270 g/mol. The Hall–Kier alpha value is -1.94. The van der Waals surface area contributed by atoms with Crippen molar-refractivity contribution in [2.45, 2.75) is 420 Å². The summed E-state index contributed by atoms with van der Waals surface area (Å²) in [5.41, 5.74) is 0. The number of phosphoric acid groups is 2. The van der Waals surface area contributed by atoms with Crippen LogP contribution >= 0.6 is 15.6 Å². The molecule has 0 aromatic carbocycles. The molecule has 97 heavy (non-hydrogen) atoms. The van der Waals surface area contributed by atoms with Crippen LogP contribution in [0.1, 0.15) is 402 Å². The SMILES string of the molecule is CCCCCCCCCCCCCCC(=O)O[C@H](COC(=O)CCCCCCCCCC(C)C)COP(=O)(O)OC[C@H](O)COP(=O)(O)OC[C@@H](COC(=O)CCCCCCCCCCCCC(C)C)OC(=O)CCCCCCCCCCCCCCCCCCCCC(C)CC. The van der Waals surface area contributed by atoms with Gasteiger partial charge in [-0.2, -0.15) is 0 Å². The van der Waals surface area contributed by atoms with E-state index in [4.69, 9.17) is 37.0 Å². The van der Waals surface area contributed by atoms with Gasteiger partial charge < -0.3 is 33.8 Å². The third-order valence-electron chi connectivity index (χ3n) is 18.5. The number of phosphoric ester groups is 2. The molecular formula is C78H152O17P2. The number of carbonyl (C=O) groups is 4. The number of ether oxygens (including phenoxy) is 4. The van der Waals surface area contributed by atoms with Gasteiger partial charge in [-0.15, -0.1) is 0 Å². The van der Waals surface area contributed by atoms with E-state index in [2.05, 4.69) is 48.5 Å². The van der Waals surface area contributed by atoms with Crippen molar-refractivity contribution < 1.29 is 80.2 Å². The Bertz CT molecular complexity index is 1890. The molecule has 3 unspecified atom stereocenters. The van der Waals surface area contributed by atoms with Gasteiger partial charge in [0.25, 0.3) is 0 Å². The van der Waals surface area contributed by atoms with Crippen LogP contribution in [0.15, 0.2) is 0 Å². The zero-order chi connectivity index (χ0) is 71.6. The van der Waals surface area contributed by atoms with Gasteiger partial charge >= 0.3 is 39.5 Å². The van der Waals surface area contributed by atoms with Crippen LogP contribution in [0.5, 0.6) is 0 Å². The molecule has 0 aliphatic rings. The smallest absolute Gasteiger partial charge is 0.462 e. The van der Waals surface area contributed by atoms with Crippen molar-refractivity contribution >= 4 is 39.5 Å². The summed E-state index contributed by atoms with van der Waals surface area (Å²) in [4.78, 5) is 72.8. The van der Waals surface area contributed by atoms with Crippen LogP contribution in [0.4, 0.5) is 0 Å². The maximum Gasteiger partial charge on any atom is 0.472 e. The second-order valence-electron chi connectivity index (χ2n) is 29.3. The standard InChI is InChI=1S/C78H152O17P2/c1-8-10-11-12-13-14-15-25-32-39-47-54-61-77(82)95-74(66-89-76(81)60-53-46-41-34-36-43-50-57-70(5)6)68-93-97(86,87)91-64-72(79)63-90-96(84,85)92-67-73(65-88-75(80)59-52-45-38-31-28-27-29-35-42-49-56-69(3)4)94-78(83)62-55-48-40-33-26-23-21-19-17-16-18-20-22-24-30-37-44-51-58-71(7)9-2/h69-74,79H,8-68H2,1-7H3,(H,84,85)(H,86,87)/t71?,72-,73-,74-/m1/s1. The molecule has 17 nitrogen and oxygen atoms in total. The second-order valence-corrected chi connectivity index (χ2v) is 32.2. The van der Waals surface area contributed by atoms with E-state index in [0.717, 1.165) is 108 Å². The summed E-state index contributed by atoms with van der Waals surface area (Å²) in [6.07, 6.45) is 55.6. The minimum absolute atomic E-state index is 0.106. The third-order valence-corrected chi connectivity index (χ3v) is 20.4. The Morgan fingerprint density at radius 1 is 0.299 bits per heavy atom. The van der Waals surface area contributed by atoms with Gasteiger partial charge in [-0.25, -0.2) is 9.13 Å². The molecule has 19 heteroatoms. The van der Waals surface area contributed by atoms with Crippen LogP contribution in [0.2, 0.25) is 0 Å². The average Bonchev–Trinajstić information content (AvgIpc) is 1.42. The van der Waals surface area contributed by atoms with Crippen molar-refractivity contribution in [3.63, 3.8) is 0 Å². The van der Waals surface area contributed by atoms with Gasteiger partial charge in [0.2, 0.25) is 0 Å². The number of aliphatic hydroxyl groups is 1. The maximum atomic E-state index is 13.1. The van der Waals surface area contributed by atoms with Crippen molar-refractivity contribution in [3.8, 4) is 0 Å². The molecule has 0 radical (unpaired) electrons. The highest BCUT2D eigenvalue weighted by atomic mass is 31.2. The fourth-order valence-corrected chi connectivity index (χ4v) is 13.5. The van der Waals surface area contributed by atoms with Crippen molar-refractivity contribution in [1.29, 1.82) is 0 Å². The Morgan fingerprint density at radius 2 is 0.526 bits per heavy atom. The number of unbranched alkanes of at least 4 members (excludes halogenated alkanes) is 43. The Morgan fingerprint density at radius 3 is 0.784 bits per heavy atom. The van der Waals surface area contributed by atoms with Gasteiger partial charge in [-0.3, -0.25) is 37.3 Å². The van der Waals surface area contributed by atoms with Crippen molar-refractivity contribution in [2.24, 2.45) is 17.8 Å². The highest BCUT2D eigenvalue weighted by molar-refractivity contribution is 7.47. The molecule has 0 heterocycles. The van der Waals surface area contributed by atoms with Crippen LogP contribution in [0, 0.1) is 17.8 Å². The van der Waals surface area contributed by atoms with Crippen LogP contribution in [-0.2, 0) is 65.4 Å². The van der Waals surface area contributed by atoms with Crippen molar-refractivity contribution in [3.05, 3.63) is 0 Å². The average molecular weight is 1420 g/mol. The van der Waals surface area contributed by atoms with E-state index < -0.39 is 97.5 Å². The van der Waals surface area contributed by atoms with Crippen LogP contribution in [0.3, 0.4) is 0 Å². The highest BCUT2D eigenvalue weighted by Gasteiger charge is 2.30. The summed E-state index contributed by atoms with van der Waals surface area (Å²) >= 11 is 0. The summed E-state index contributed by atoms with van der Waals surface area (Å²) < 4.78 is 68.5. The quantitative estimate of drug-likeness (QED) is 0.0222. The summed E-state index contributed by atoms with van der Waals surface area (Å²) in [6.45, 7) is 11.9. The fourth-order valence-electron chi connectivity index (χ4n) is 11.9. The number of hydrogen-bond acceptors (Lipinski definition) is 15. The summed E-state index contributed by atoms with van der Waals surface area (Å²) in [5.74, 6) is 0.219. The van der Waals surface area contributed by atoms with Gasteiger partial charge in [0.1, 0.15) is 19.3 Å². The zero-order valence-electron chi connectivity index (χ0n) is 63.5. The zero-order valence-corrected chi connectivity index (χ0v) is 65.3. The van der Waals surface area contributed by atoms with Gasteiger partial charge in [-0.05, 0) is 43.4 Å². The molecule has 0 aliphatic heterocycles. The van der Waals surface area contributed by atoms with Crippen LogP contribution in [-0.4, -0.2) is 96.7 Å². The molecule has 3 N–H and O–H groups in total. The van der Waals surface area contributed by atoms with E-state index >= 15 is 0 Å². The van der Waals surface area contributed by atoms with E-state index in [-0.39, 0.29) is 25.7 Å². The molecule has 0 spiro atoms. The first kappa shape index (κ1) is 95.1. The molecule has 576 valence electrons. The predicted octanol–water partition coefficient (Wildman–Crippen LogP) is 23.0. The molecule has 0 bridgehead atoms. The number of rotatable bonds is 76. The molecule has 0 aromatic heterocycles. The lowest BCUT2D eigenvalue weighted by Crippen LogP contribution is -2.30. The molecule has 0 saturated carbocycles. The van der Waals surface area contributed by atoms with Gasteiger partial charge in [0.05, 0.1) is 26.4 Å². The van der Waals surface area contributed by atoms with Crippen LogP contribution < -0.4 is 0 Å². The molecule has 0 saturated heterocycles. The van der Waals surface area contributed by atoms with Gasteiger partial charge in [0.15, 0.2) is 12.2 Å². The lowest BCUT2D eigenvalue weighted by atomic mass is 9.99. The van der Waals surface area contributed by atoms with E-state index in [1.807, 2.05) is 0 Å². The molecule has 0 aliphatic carbocycles. The van der Waals surface area contributed by atoms with E-state index in [0.29, 0.717) is 31.6 Å². The van der Waals surface area contributed by atoms with E-state index in [9.17, 15) is 43.2 Å². The fraction of sp³-hybridized carbons (Fsp3) is 0.949. The molecule has 6 atom stereocenters. The van der Waals surface area contributed by atoms with Gasteiger partial charge in [0, 0.05) is 25.7 Å². The molecule has 0 amide bonds. The first-order valence-electron chi connectivity index (χ1n) is 40.4. The van der Waals surface area contributed by atoms with Gasteiger partial charge in [-0.1, -0.05) is 350 Å². The Labute approximate surface area is 594 Å². The van der Waals surface area contributed by atoms with E-state index in [1.54, 1.807) is 0 Å². The second kappa shape index (κ2) is 68.5. The highest BCUT2D eigenvalue weighted by Crippen LogP contribution is 2.45. The topological polar surface area (TPSA) is 237 Å². The maximum absolute atomic E-state index is 13.1. The monoisotopic (exact) mass is 1420 g/mol. The largest absolute Gasteiger partial charge is 0.472 e. The number of hydrogen-bond donors (Lipinski definition) is 3. The summed E-state index contributed by atoms with van der Waals surface area (Å²) in [7, 11) is -9.91. The lowest BCUT2D eigenvalue weighted by molar-refractivity contribution is -0.161. The van der Waals surface area contributed by atoms with Crippen molar-refractivity contribution in [1.82, 2.24) is 0 Å². The molecule has 0 rings (SSSR count). The normalized spacial score (nSPS) is 14.3. The lowest BCUT2D eigenvalue weighted by Gasteiger charge is -2.21. The van der Waals surface area contributed by atoms with Crippen LogP contribution in [0.25, 0.3) is 0 Å². The minimum atomic E-state index is -4.96. The number of carbonyl (C=O) groups excluding carboxylic acids is 4. The molecule has 0 aromatic rings. The summed E-state index contributed by atoms with van der Waals surface area (Å²) in [6, 6.07) is 0. The number of aliphatic hydroxyl groups excluding tert-OH is 1. The Kier molecular flexibility index (Phi) is 67.1. The van der Waals surface area contributed by atoms with Crippen molar-refractivity contribution in [2.75, 3.05) is 39.6 Å².